The zero-order valence-corrected chi connectivity index (χ0v) is 15.4. The molecule has 0 aliphatic carbocycles. The maximum atomic E-state index is 12.9. The van der Waals surface area contributed by atoms with E-state index in [9.17, 15) is 9.59 Å². The van der Waals surface area contributed by atoms with Gasteiger partial charge in [-0.15, -0.1) is 22.6 Å². The summed E-state index contributed by atoms with van der Waals surface area (Å²) in [4.78, 5) is 25.3. The third-order valence-electron chi connectivity index (χ3n) is 4.80. The lowest BCUT2D eigenvalue weighted by molar-refractivity contribution is -0.127. The van der Waals surface area contributed by atoms with Crippen LogP contribution in [0.3, 0.4) is 0 Å². The first-order valence-corrected chi connectivity index (χ1v) is 8.94. The van der Waals surface area contributed by atoms with Crippen molar-refractivity contribution < 1.29 is 4.79 Å². The van der Waals surface area contributed by atoms with Crippen LogP contribution < -0.4 is 16.2 Å². The van der Waals surface area contributed by atoms with Crippen molar-refractivity contribution in [2.75, 3.05) is 13.1 Å². The van der Waals surface area contributed by atoms with Gasteiger partial charge in [-0.2, -0.15) is 0 Å². The number of aromatic nitrogens is 3. The first kappa shape index (κ1) is 18.0. The number of nitrogens with zero attached hydrogens (tertiary/aromatic N) is 3. The molecular formula is C16H20ClN5O2S. The van der Waals surface area contributed by atoms with Gasteiger partial charge in [-0.05, 0) is 19.4 Å². The molecule has 2 aliphatic heterocycles. The third-order valence-corrected chi connectivity index (χ3v) is 5.64. The molecule has 2 bridgehead atoms. The molecule has 4 heterocycles. The fraction of sp³-hybridized carbons (Fsp3) is 0.500. The van der Waals surface area contributed by atoms with E-state index < -0.39 is 6.04 Å². The summed E-state index contributed by atoms with van der Waals surface area (Å²) in [7, 11) is 0. The van der Waals surface area contributed by atoms with Crippen molar-refractivity contribution in [3.8, 4) is 0 Å². The van der Waals surface area contributed by atoms with Gasteiger partial charge in [0.25, 0.3) is 5.56 Å². The summed E-state index contributed by atoms with van der Waals surface area (Å²) in [6, 6.07) is 4.81. The Bertz CT molecular complexity index is 836. The number of fused-ring (bicyclic) bond motifs is 4. The van der Waals surface area contributed by atoms with Crippen LogP contribution in [-0.4, -0.2) is 33.8 Å². The maximum Gasteiger partial charge on any atom is 0.251 e. The predicted octanol–water partition coefficient (Wildman–Crippen LogP) is 0.994. The van der Waals surface area contributed by atoms with Gasteiger partial charge in [-0.1, -0.05) is 17.4 Å². The number of nitrogens with one attached hydrogen (secondary N) is 2. The number of pyridine rings is 1. The summed E-state index contributed by atoms with van der Waals surface area (Å²) >= 11 is 1.47. The van der Waals surface area contributed by atoms with E-state index in [2.05, 4.69) is 20.8 Å². The maximum absolute atomic E-state index is 12.9. The Morgan fingerprint density at radius 3 is 3.00 bits per heavy atom. The summed E-state index contributed by atoms with van der Waals surface area (Å²) < 4.78 is 1.69. The third kappa shape index (κ3) is 3.33. The number of amides is 1. The predicted molar refractivity (Wildman–Crippen MR) is 97.2 cm³/mol. The van der Waals surface area contributed by atoms with E-state index in [1.165, 1.54) is 17.4 Å². The zero-order valence-electron chi connectivity index (χ0n) is 13.8. The van der Waals surface area contributed by atoms with Gasteiger partial charge < -0.3 is 10.6 Å². The lowest BCUT2D eigenvalue weighted by atomic mass is 9.79. The molecule has 3 atom stereocenters. The molecule has 1 fully saturated rings. The van der Waals surface area contributed by atoms with Gasteiger partial charge >= 0.3 is 0 Å². The standard InChI is InChI=1S/C16H19N5O2S.ClH/c1-9-19-20-13(24-9)8-18-16(23)15-11-5-10(6-17-7-11)12-3-2-4-14(22)21(12)15;/h2-4,10-11,15,17H,5-8H2,1H3,(H,18,23);1H/t10-,11+,15-;/m1./s1. The van der Waals surface area contributed by atoms with Crippen molar-refractivity contribution in [2.24, 2.45) is 5.92 Å². The normalized spacial score (nSPS) is 24.1. The van der Waals surface area contributed by atoms with Crippen LogP contribution in [0.1, 0.15) is 34.1 Å². The van der Waals surface area contributed by atoms with E-state index in [-0.39, 0.29) is 29.8 Å². The second-order valence-electron chi connectivity index (χ2n) is 6.39. The van der Waals surface area contributed by atoms with E-state index in [4.69, 9.17) is 0 Å². The average Bonchev–Trinajstić information content (AvgIpc) is 3.00. The zero-order chi connectivity index (χ0) is 16.7. The molecule has 2 aromatic rings. The topological polar surface area (TPSA) is 88.9 Å². The minimum Gasteiger partial charge on any atom is -0.348 e. The molecule has 4 rings (SSSR count). The van der Waals surface area contributed by atoms with Crippen molar-refractivity contribution in [2.45, 2.75) is 31.8 Å². The van der Waals surface area contributed by atoms with Gasteiger partial charge in [0, 0.05) is 36.7 Å². The number of piperidine rings is 1. The molecule has 2 N–H and O–H groups in total. The number of hydrogen-bond donors (Lipinski definition) is 2. The molecule has 9 heteroatoms. The summed E-state index contributed by atoms with van der Waals surface area (Å²) in [6.07, 6.45) is 0.937. The molecule has 134 valence electrons. The highest BCUT2D eigenvalue weighted by atomic mass is 35.5. The number of aryl methyl sites for hydroxylation is 1. The van der Waals surface area contributed by atoms with Crippen molar-refractivity contribution >= 4 is 29.7 Å². The average molecular weight is 382 g/mol. The van der Waals surface area contributed by atoms with Gasteiger partial charge in [-0.25, -0.2) is 0 Å². The Kier molecular flexibility index (Phi) is 5.21. The fourth-order valence-corrected chi connectivity index (χ4v) is 4.46. The Morgan fingerprint density at radius 1 is 1.40 bits per heavy atom. The molecule has 0 spiro atoms. The molecule has 0 unspecified atom stereocenters. The lowest BCUT2D eigenvalue weighted by Gasteiger charge is -2.42. The van der Waals surface area contributed by atoms with Gasteiger partial charge in [0.1, 0.15) is 16.1 Å². The van der Waals surface area contributed by atoms with Crippen molar-refractivity contribution in [1.29, 1.82) is 0 Å². The molecule has 2 aromatic heterocycles. The number of carbonyl (C=O) groups is 1. The van der Waals surface area contributed by atoms with Crippen LogP contribution in [0.5, 0.6) is 0 Å². The van der Waals surface area contributed by atoms with Crippen LogP contribution in [0.15, 0.2) is 23.0 Å². The highest BCUT2D eigenvalue weighted by Crippen LogP contribution is 2.38. The van der Waals surface area contributed by atoms with Crippen molar-refractivity contribution in [1.82, 2.24) is 25.4 Å². The summed E-state index contributed by atoms with van der Waals surface area (Å²) in [5.41, 5.74) is 0.855. The molecular weight excluding hydrogens is 362 g/mol. The molecule has 0 aromatic carbocycles. The Hall–Kier alpha value is -1.77. The summed E-state index contributed by atoms with van der Waals surface area (Å²) in [6.45, 7) is 3.85. The highest BCUT2D eigenvalue weighted by molar-refractivity contribution is 7.11. The molecule has 0 radical (unpaired) electrons. The highest BCUT2D eigenvalue weighted by Gasteiger charge is 2.41. The lowest BCUT2D eigenvalue weighted by Crippen LogP contribution is -2.52. The molecule has 25 heavy (non-hydrogen) atoms. The van der Waals surface area contributed by atoms with Crippen molar-refractivity contribution in [3.05, 3.63) is 44.3 Å². The number of rotatable bonds is 3. The first-order valence-electron chi connectivity index (χ1n) is 8.12. The Balaban J connectivity index is 0.00000182. The van der Waals surface area contributed by atoms with Gasteiger partial charge in [0.05, 0.1) is 6.54 Å². The largest absolute Gasteiger partial charge is 0.348 e. The second-order valence-corrected chi connectivity index (χ2v) is 7.65. The molecule has 1 amide bonds. The Morgan fingerprint density at radius 2 is 2.24 bits per heavy atom. The van der Waals surface area contributed by atoms with E-state index >= 15 is 0 Å². The minimum atomic E-state index is -0.466. The van der Waals surface area contributed by atoms with Crippen LogP contribution in [0.4, 0.5) is 0 Å². The number of hydrogen-bond acceptors (Lipinski definition) is 6. The van der Waals surface area contributed by atoms with Gasteiger partial charge in [0.2, 0.25) is 5.91 Å². The fourth-order valence-electron chi connectivity index (χ4n) is 3.81. The van der Waals surface area contributed by atoms with Crippen LogP contribution >= 0.6 is 23.7 Å². The van der Waals surface area contributed by atoms with E-state index in [1.54, 1.807) is 10.6 Å². The van der Waals surface area contributed by atoms with Gasteiger partial charge in [0.15, 0.2) is 0 Å². The first-order chi connectivity index (χ1) is 11.6. The van der Waals surface area contributed by atoms with Crippen molar-refractivity contribution in [3.63, 3.8) is 0 Å². The SMILES string of the molecule is Cc1nnc(CNC(=O)[C@H]2[C@@H]3CNC[C@@H](C3)c3cccc(=O)n32)s1.Cl. The van der Waals surface area contributed by atoms with E-state index in [1.807, 2.05) is 13.0 Å². The van der Waals surface area contributed by atoms with E-state index in [0.29, 0.717) is 12.5 Å². The van der Waals surface area contributed by atoms with Gasteiger partial charge in [-0.3, -0.25) is 14.2 Å². The smallest absolute Gasteiger partial charge is 0.251 e. The summed E-state index contributed by atoms with van der Waals surface area (Å²) in [5, 5.41) is 16.0. The van der Waals surface area contributed by atoms with Crippen LogP contribution in [0.25, 0.3) is 0 Å². The van der Waals surface area contributed by atoms with E-state index in [0.717, 1.165) is 35.2 Å². The monoisotopic (exact) mass is 381 g/mol. The summed E-state index contributed by atoms with van der Waals surface area (Å²) in [5.74, 6) is 0.310. The van der Waals surface area contributed by atoms with Crippen LogP contribution in [-0.2, 0) is 11.3 Å². The van der Waals surface area contributed by atoms with Crippen LogP contribution in [0.2, 0.25) is 0 Å². The second kappa shape index (κ2) is 7.23. The molecule has 0 saturated carbocycles. The number of carbonyl (C=O) groups excluding carboxylic acids is 1. The minimum absolute atomic E-state index is 0. The number of halogens is 1. The quantitative estimate of drug-likeness (QED) is 0.827. The van der Waals surface area contributed by atoms with Crippen LogP contribution in [0, 0.1) is 12.8 Å². The molecule has 1 saturated heterocycles. The molecule has 7 nitrogen and oxygen atoms in total. The Labute approximate surface area is 155 Å². The molecule has 2 aliphatic rings.